The Hall–Kier alpha value is -2.34. The van der Waals surface area contributed by atoms with Gasteiger partial charge in [0.1, 0.15) is 5.76 Å². The largest absolute Gasteiger partial charge is 0.467 e. The summed E-state index contributed by atoms with van der Waals surface area (Å²) in [5.41, 5.74) is 1.25. The molecule has 0 radical (unpaired) electrons. The highest BCUT2D eigenvalue weighted by Crippen LogP contribution is 2.07. The highest BCUT2D eigenvalue weighted by atomic mass is 32.1. The van der Waals surface area contributed by atoms with Crippen LogP contribution in [0.1, 0.15) is 24.7 Å². The Kier molecular flexibility index (Phi) is 7.98. The second-order valence-electron chi connectivity index (χ2n) is 5.52. The molecule has 134 valence electrons. The third kappa shape index (κ3) is 6.97. The lowest BCUT2D eigenvalue weighted by Crippen LogP contribution is -2.41. The zero-order valence-electron chi connectivity index (χ0n) is 14.4. The lowest BCUT2D eigenvalue weighted by atomic mass is 10.1. The van der Waals surface area contributed by atoms with Gasteiger partial charge in [0, 0.05) is 13.1 Å². The average Bonchev–Trinajstić information content (AvgIpc) is 3.13. The monoisotopic (exact) mass is 360 g/mol. The molecule has 2 aromatic rings. The molecule has 0 saturated heterocycles. The van der Waals surface area contributed by atoms with Gasteiger partial charge in [-0.25, -0.2) is 0 Å². The fourth-order valence-corrected chi connectivity index (χ4v) is 2.63. The van der Waals surface area contributed by atoms with Gasteiger partial charge in [0.25, 0.3) is 0 Å². The molecule has 0 atom stereocenters. The van der Waals surface area contributed by atoms with Crippen LogP contribution in [0.3, 0.4) is 0 Å². The number of furan rings is 1. The Morgan fingerprint density at radius 2 is 2.04 bits per heavy atom. The Labute approximate surface area is 154 Å². The second kappa shape index (κ2) is 10.5. The van der Waals surface area contributed by atoms with Gasteiger partial charge in [-0.1, -0.05) is 30.3 Å². The minimum Gasteiger partial charge on any atom is -0.467 e. The van der Waals surface area contributed by atoms with Gasteiger partial charge < -0.3 is 19.4 Å². The lowest BCUT2D eigenvalue weighted by Gasteiger charge is -2.24. The summed E-state index contributed by atoms with van der Waals surface area (Å²) in [4.78, 5) is 13.6. The van der Waals surface area contributed by atoms with E-state index in [1.807, 2.05) is 35.2 Å². The van der Waals surface area contributed by atoms with Gasteiger partial charge in [-0.2, -0.15) is 0 Å². The number of nitrogens with zero attached hydrogens (tertiary/aromatic N) is 1. The maximum absolute atomic E-state index is 11.6. The first kappa shape index (κ1) is 19.0. The van der Waals surface area contributed by atoms with Crippen LogP contribution in [-0.4, -0.2) is 35.7 Å². The summed E-state index contributed by atoms with van der Waals surface area (Å²) in [6, 6.07) is 14.0. The van der Waals surface area contributed by atoms with E-state index in [1.54, 1.807) is 13.2 Å². The Bertz CT molecular complexity index is 644. The fourth-order valence-electron chi connectivity index (χ4n) is 2.37. The number of rotatable bonds is 9. The number of thiocarbonyl (C=S) groups is 1. The van der Waals surface area contributed by atoms with Crippen molar-refractivity contribution in [1.29, 1.82) is 0 Å². The van der Waals surface area contributed by atoms with Gasteiger partial charge in [-0.3, -0.25) is 4.79 Å². The molecular formula is C19H24N2O3S. The van der Waals surface area contributed by atoms with Crippen molar-refractivity contribution in [3.05, 3.63) is 60.1 Å². The van der Waals surface area contributed by atoms with Gasteiger partial charge in [-0.05, 0) is 43.3 Å². The molecule has 0 saturated carbocycles. The number of benzene rings is 1. The van der Waals surface area contributed by atoms with Crippen molar-refractivity contribution in [1.82, 2.24) is 10.2 Å². The molecule has 0 unspecified atom stereocenters. The van der Waals surface area contributed by atoms with Gasteiger partial charge in [0.15, 0.2) is 5.11 Å². The van der Waals surface area contributed by atoms with Crippen molar-refractivity contribution in [3.63, 3.8) is 0 Å². The van der Waals surface area contributed by atoms with E-state index in [0.29, 0.717) is 24.8 Å². The minimum absolute atomic E-state index is 0.223. The van der Waals surface area contributed by atoms with Crippen LogP contribution >= 0.6 is 12.2 Å². The summed E-state index contributed by atoms with van der Waals surface area (Å²) in [7, 11) is 0. The molecule has 6 heteroatoms. The van der Waals surface area contributed by atoms with Gasteiger partial charge >= 0.3 is 5.97 Å². The highest BCUT2D eigenvalue weighted by molar-refractivity contribution is 7.80. The van der Waals surface area contributed by atoms with E-state index in [9.17, 15) is 4.79 Å². The number of ether oxygens (including phenoxy) is 1. The molecule has 0 aliphatic carbocycles. The second-order valence-corrected chi connectivity index (χ2v) is 5.91. The van der Waals surface area contributed by atoms with Gasteiger partial charge in [0.2, 0.25) is 0 Å². The summed E-state index contributed by atoms with van der Waals surface area (Å²) < 4.78 is 10.4. The van der Waals surface area contributed by atoms with E-state index in [4.69, 9.17) is 21.4 Å². The first-order chi connectivity index (χ1) is 12.2. The molecule has 1 N–H and O–H groups in total. The molecule has 0 spiro atoms. The van der Waals surface area contributed by atoms with Crippen molar-refractivity contribution < 1.29 is 13.9 Å². The van der Waals surface area contributed by atoms with Crippen LogP contribution in [0.4, 0.5) is 0 Å². The molecule has 5 nitrogen and oxygen atoms in total. The summed E-state index contributed by atoms with van der Waals surface area (Å²) in [5, 5.41) is 3.87. The predicted molar refractivity (Wildman–Crippen MR) is 101 cm³/mol. The van der Waals surface area contributed by atoms with Crippen LogP contribution in [0, 0.1) is 0 Å². The van der Waals surface area contributed by atoms with E-state index < -0.39 is 0 Å². The molecule has 1 aromatic heterocycles. The number of carbonyl (C=O) groups excluding carboxylic acids is 1. The first-order valence-corrected chi connectivity index (χ1v) is 8.84. The molecule has 0 aliphatic heterocycles. The smallest absolute Gasteiger partial charge is 0.307 e. The van der Waals surface area contributed by atoms with Crippen molar-refractivity contribution in [2.45, 2.75) is 26.3 Å². The number of carbonyl (C=O) groups is 1. The quantitative estimate of drug-likeness (QED) is 0.548. The normalized spacial score (nSPS) is 10.3. The van der Waals surface area contributed by atoms with E-state index in [-0.39, 0.29) is 12.4 Å². The maximum Gasteiger partial charge on any atom is 0.307 e. The van der Waals surface area contributed by atoms with Crippen LogP contribution < -0.4 is 5.32 Å². The lowest BCUT2D eigenvalue weighted by molar-refractivity contribution is -0.143. The molecule has 0 amide bonds. The zero-order chi connectivity index (χ0) is 17.9. The van der Waals surface area contributed by atoms with Crippen LogP contribution in [-0.2, 0) is 22.5 Å². The highest BCUT2D eigenvalue weighted by Gasteiger charge is 2.14. The third-order valence-electron chi connectivity index (χ3n) is 3.64. The number of hydrogen-bond donors (Lipinski definition) is 1. The molecule has 1 aromatic carbocycles. The Morgan fingerprint density at radius 1 is 1.24 bits per heavy atom. The summed E-state index contributed by atoms with van der Waals surface area (Å²) in [6.07, 6.45) is 2.80. The van der Waals surface area contributed by atoms with E-state index in [2.05, 4.69) is 17.4 Å². The molecule has 2 rings (SSSR count). The first-order valence-electron chi connectivity index (χ1n) is 8.43. The Morgan fingerprint density at radius 3 is 2.72 bits per heavy atom. The van der Waals surface area contributed by atoms with Crippen molar-refractivity contribution >= 4 is 23.3 Å². The standard InChI is InChI=1S/C19H24N2O3S/c1-2-23-18(22)11-13-21(15-17-9-6-14-24-17)19(25)20-12-10-16-7-4-3-5-8-16/h3-9,14H,2,10-13,15H2,1H3,(H,20,25). The van der Waals surface area contributed by atoms with Crippen LogP contribution in [0.2, 0.25) is 0 Å². The van der Waals surface area contributed by atoms with Crippen molar-refractivity contribution in [2.24, 2.45) is 0 Å². The molecule has 0 bridgehead atoms. The number of esters is 1. The summed E-state index contributed by atoms with van der Waals surface area (Å²) in [6.45, 7) is 3.92. The zero-order valence-corrected chi connectivity index (χ0v) is 15.3. The SMILES string of the molecule is CCOC(=O)CCN(Cc1ccco1)C(=S)NCCc1ccccc1. The van der Waals surface area contributed by atoms with Gasteiger partial charge in [0.05, 0.1) is 25.8 Å². The van der Waals surface area contributed by atoms with E-state index in [0.717, 1.165) is 18.7 Å². The Balaban J connectivity index is 1.86. The van der Waals surface area contributed by atoms with E-state index in [1.165, 1.54) is 5.56 Å². The topological polar surface area (TPSA) is 54.7 Å². The maximum atomic E-state index is 11.6. The fraction of sp³-hybridized carbons (Fsp3) is 0.368. The van der Waals surface area contributed by atoms with Crippen molar-refractivity contribution in [2.75, 3.05) is 19.7 Å². The molecule has 0 aliphatic rings. The van der Waals surface area contributed by atoms with Crippen LogP contribution in [0.5, 0.6) is 0 Å². The third-order valence-corrected chi connectivity index (χ3v) is 4.04. The van der Waals surface area contributed by atoms with Crippen LogP contribution in [0.15, 0.2) is 53.1 Å². The van der Waals surface area contributed by atoms with Crippen LogP contribution in [0.25, 0.3) is 0 Å². The van der Waals surface area contributed by atoms with E-state index >= 15 is 0 Å². The molecule has 0 fully saturated rings. The number of nitrogens with one attached hydrogen (secondary N) is 1. The predicted octanol–water partition coefficient (Wildman–Crippen LogP) is 3.15. The van der Waals surface area contributed by atoms with Gasteiger partial charge in [-0.15, -0.1) is 0 Å². The molecule has 25 heavy (non-hydrogen) atoms. The molecular weight excluding hydrogens is 336 g/mol. The molecule has 1 heterocycles. The summed E-state index contributed by atoms with van der Waals surface area (Å²) >= 11 is 5.50. The number of hydrogen-bond acceptors (Lipinski definition) is 4. The average molecular weight is 360 g/mol. The summed E-state index contributed by atoms with van der Waals surface area (Å²) in [5.74, 6) is 0.579. The minimum atomic E-state index is -0.223. The van der Waals surface area contributed by atoms with Crippen molar-refractivity contribution in [3.8, 4) is 0 Å².